The topological polar surface area (TPSA) is 91.6 Å². The molecule has 0 bridgehead atoms. The molecule has 0 fully saturated rings. The molecule has 0 heterocycles. The molecule has 2 N–H and O–H groups in total. The normalized spacial score (nSPS) is 11.0. The molecule has 27 heavy (non-hydrogen) atoms. The number of nitrogens with zero attached hydrogens (tertiary/aromatic N) is 1. The van der Waals surface area contributed by atoms with E-state index in [1.807, 2.05) is 19.9 Å². The van der Waals surface area contributed by atoms with Crippen molar-refractivity contribution in [3.63, 3.8) is 0 Å². The summed E-state index contributed by atoms with van der Waals surface area (Å²) >= 11 is 6.27. The van der Waals surface area contributed by atoms with E-state index in [0.29, 0.717) is 27.8 Å². The first kappa shape index (κ1) is 20.1. The number of carbonyl (C=O) groups excluding carboxylic acids is 1. The molecular formula is C20H19ClN2O4. The number of hydrogen-bond acceptors (Lipinski definition) is 5. The van der Waals surface area contributed by atoms with Gasteiger partial charge in [-0.1, -0.05) is 11.6 Å². The van der Waals surface area contributed by atoms with Crippen LogP contribution in [0, 0.1) is 11.3 Å². The summed E-state index contributed by atoms with van der Waals surface area (Å²) < 4.78 is 11.0. The number of anilines is 1. The van der Waals surface area contributed by atoms with Gasteiger partial charge in [0.05, 0.1) is 18.2 Å². The van der Waals surface area contributed by atoms with Crippen molar-refractivity contribution in [1.82, 2.24) is 0 Å². The lowest BCUT2D eigenvalue weighted by Gasteiger charge is -2.15. The van der Waals surface area contributed by atoms with Gasteiger partial charge in [-0.2, -0.15) is 5.26 Å². The zero-order valence-electron chi connectivity index (χ0n) is 15.1. The molecule has 0 saturated heterocycles. The van der Waals surface area contributed by atoms with Crippen molar-refractivity contribution in [3.8, 4) is 23.3 Å². The number of aromatic hydroxyl groups is 1. The number of methoxy groups -OCH3 is 1. The Morgan fingerprint density at radius 1 is 1.30 bits per heavy atom. The van der Waals surface area contributed by atoms with Crippen molar-refractivity contribution in [1.29, 1.82) is 5.26 Å². The Balaban J connectivity index is 2.31. The number of nitrogens with one attached hydrogen (secondary N) is 1. The third-order valence-corrected chi connectivity index (χ3v) is 3.69. The lowest BCUT2D eigenvalue weighted by Crippen LogP contribution is -2.13. The highest BCUT2D eigenvalue weighted by Gasteiger charge is 2.15. The van der Waals surface area contributed by atoms with Gasteiger partial charge in [0, 0.05) is 5.69 Å². The van der Waals surface area contributed by atoms with E-state index in [-0.39, 0.29) is 17.4 Å². The fourth-order valence-electron chi connectivity index (χ4n) is 2.23. The van der Waals surface area contributed by atoms with Gasteiger partial charge in [-0.3, -0.25) is 4.79 Å². The molecule has 7 heteroatoms. The second-order valence-corrected chi connectivity index (χ2v) is 6.28. The van der Waals surface area contributed by atoms with E-state index >= 15 is 0 Å². The van der Waals surface area contributed by atoms with Crippen molar-refractivity contribution in [2.45, 2.75) is 20.0 Å². The summed E-state index contributed by atoms with van der Waals surface area (Å²) in [6, 6.07) is 11.0. The van der Waals surface area contributed by atoms with Crippen molar-refractivity contribution < 1.29 is 19.4 Å². The molecule has 2 aromatic carbocycles. The largest absolute Gasteiger partial charge is 0.508 e. The quantitative estimate of drug-likeness (QED) is 0.436. The molecule has 0 saturated carbocycles. The van der Waals surface area contributed by atoms with Gasteiger partial charge < -0.3 is 19.9 Å². The van der Waals surface area contributed by atoms with Gasteiger partial charge in [0.15, 0.2) is 11.5 Å². The van der Waals surface area contributed by atoms with Crippen LogP contribution in [0.1, 0.15) is 19.4 Å². The molecule has 0 aliphatic carbocycles. The van der Waals surface area contributed by atoms with E-state index in [4.69, 9.17) is 21.1 Å². The van der Waals surface area contributed by atoms with E-state index < -0.39 is 5.91 Å². The number of benzene rings is 2. The fraction of sp³-hybridized carbons (Fsp3) is 0.200. The summed E-state index contributed by atoms with van der Waals surface area (Å²) in [7, 11) is 1.48. The van der Waals surface area contributed by atoms with Crippen molar-refractivity contribution in [2.75, 3.05) is 12.4 Å². The van der Waals surface area contributed by atoms with Gasteiger partial charge in [0.1, 0.15) is 17.4 Å². The van der Waals surface area contributed by atoms with Crippen molar-refractivity contribution in [2.24, 2.45) is 0 Å². The molecule has 0 spiro atoms. The first-order valence-corrected chi connectivity index (χ1v) is 8.48. The summed E-state index contributed by atoms with van der Waals surface area (Å²) in [6.07, 6.45) is 1.31. The number of halogens is 1. The maximum absolute atomic E-state index is 12.3. The average Bonchev–Trinajstić information content (AvgIpc) is 2.63. The van der Waals surface area contributed by atoms with Crippen LogP contribution in [0.3, 0.4) is 0 Å². The molecule has 0 aliphatic heterocycles. The van der Waals surface area contributed by atoms with Gasteiger partial charge >= 0.3 is 0 Å². The fourth-order valence-corrected chi connectivity index (χ4v) is 2.50. The number of carbonyl (C=O) groups is 1. The number of phenolic OH excluding ortho intramolecular Hbond substituents is 1. The van der Waals surface area contributed by atoms with Crippen LogP contribution in [0.4, 0.5) is 5.69 Å². The lowest BCUT2D eigenvalue weighted by molar-refractivity contribution is -0.112. The zero-order chi connectivity index (χ0) is 20.0. The first-order valence-electron chi connectivity index (χ1n) is 8.10. The number of phenols is 1. The van der Waals surface area contributed by atoms with Crippen molar-refractivity contribution >= 4 is 29.3 Å². The Kier molecular flexibility index (Phi) is 6.69. The summed E-state index contributed by atoms with van der Waals surface area (Å²) in [5.41, 5.74) is 0.860. The maximum atomic E-state index is 12.3. The van der Waals surface area contributed by atoms with E-state index in [1.54, 1.807) is 12.1 Å². The number of hydrogen-bond donors (Lipinski definition) is 2. The molecule has 0 aromatic heterocycles. The second kappa shape index (κ2) is 8.97. The first-order chi connectivity index (χ1) is 12.8. The van der Waals surface area contributed by atoms with Crippen LogP contribution in [0.15, 0.2) is 42.0 Å². The summed E-state index contributed by atoms with van der Waals surface area (Å²) in [5, 5.41) is 21.5. The maximum Gasteiger partial charge on any atom is 0.266 e. The van der Waals surface area contributed by atoms with E-state index in [0.717, 1.165) is 0 Å². The molecule has 2 aromatic rings. The minimum absolute atomic E-state index is 0.0782. The number of ether oxygens (including phenoxy) is 2. The van der Waals surface area contributed by atoms with E-state index in [9.17, 15) is 15.2 Å². The molecular weight excluding hydrogens is 368 g/mol. The zero-order valence-corrected chi connectivity index (χ0v) is 15.9. The Morgan fingerprint density at radius 3 is 2.52 bits per heavy atom. The van der Waals surface area contributed by atoms with Crippen LogP contribution in [0.2, 0.25) is 5.02 Å². The van der Waals surface area contributed by atoms with Crippen LogP contribution in [-0.4, -0.2) is 24.2 Å². The Bertz CT molecular complexity index is 899. The van der Waals surface area contributed by atoms with Gasteiger partial charge in [0.2, 0.25) is 0 Å². The second-order valence-electron chi connectivity index (χ2n) is 5.87. The number of amides is 1. The summed E-state index contributed by atoms with van der Waals surface area (Å²) in [6.45, 7) is 3.73. The van der Waals surface area contributed by atoms with Crippen LogP contribution in [0.5, 0.6) is 17.2 Å². The molecule has 0 atom stereocenters. The molecule has 140 valence electrons. The summed E-state index contributed by atoms with van der Waals surface area (Å²) in [5.74, 6) is 0.298. The van der Waals surface area contributed by atoms with Gasteiger partial charge in [-0.05, 0) is 61.9 Å². The lowest BCUT2D eigenvalue weighted by atomic mass is 10.1. The monoisotopic (exact) mass is 386 g/mol. The molecule has 6 nitrogen and oxygen atoms in total. The minimum atomic E-state index is -0.583. The molecule has 1 amide bonds. The van der Waals surface area contributed by atoms with Crippen LogP contribution < -0.4 is 14.8 Å². The van der Waals surface area contributed by atoms with Crippen LogP contribution in [-0.2, 0) is 4.79 Å². The van der Waals surface area contributed by atoms with Gasteiger partial charge in [-0.15, -0.1) is 0 Å². The smallest absolute Gasteiger partial charge is 0.266 e. The molecule has 0 aliphatic rings. The third kappa shape index (κ3) is 5.40. The van der Waals surface area contributed by atoms with Gasteiger partial charge in [-0.25, -0.2) is 0 Å². The van der Waals surface area contributed by atoms with E-state index in [2.05, 4.69) is 5.32 Å². The van der Waals surface area contributed by atoms with Crippen LogP contribution >= 0.6 is 11.6 Å². The Labute approximate surface area is 162 Å². The highest BCUT2D eigenvalue weighted by molar-refractivity contribution is 6.32. The van der Waals surface area contributed by atoms with Crippen LogP contribution in [0.25, 0.3) is 6.08 Å². The highest BCUT2D eigenvalue weighted by atomic mass is 35.5. The van der Waals surface area contributed by atoms with Gasteiger partial charge in [0.25, 0.3) is 5.91 Å². The summed E-state index contributed by atoms with van der Waals surface area (Å²) in [4.78, 5) is 12.3. The predicted molar refractivity (Wildman–Crippen MR) is 104 cm³/mol. The SMILES string of the molecule is COc1cc(/C=C(\C#N)C(=O)Nc2ccc(O)cc2)cc(Cl)c1OC(C)C. The average molecular weight is 387 g/mol. The Hall–Kier alpha value is -3.17. The highest BCUT2D eigenvalue weighted by Crippen LogP contribution is 2.37. The van der Waals surface area contributed by atoms with Crippen molar-refractivity contribution in [3.05, 3.63) is 52.6 Å². The molecule has 0 radical (unpaired) electrons. The molecule has 0 unspecified atom stereocenters. The third-order valence-electron chi connectivity index (χ3n) is 3.41. The standard InChI is InChI=1S/C20H19ClN2O4/c1-12(2)27-19-17(21)9-13(10-18(19)26-3)8-14(11-22)20(25)23-15-4-6-16(24)7-5-15/h4-10,12,24H,1-3H3,(H,23,25)/b14-8+. The number of nitriles is 1. The number of rotatable bonds is 6. The predicted octanol–water partition coefficient (Wildman–Crippen LogP) is 4.39. The molecule has 2 rings (SSSR count). The Morgan fingerprint density at radius 2 is 1.96 bits per heavy atom. The van der Waals surface area contributed by atoms with E-state index in [1.165, 1.54) is 37.5 Å². The minimum Gasteiger partial charge on any atom is -0.508 e.